The maximum atomic E-state index is 9.17. The van der Waals surface area contributed by atoms with Crippen LogP contribution in [0.1, 0.15) is 30.4 Å². The van der Waals surface area contributed by atoms with Crippen LogP contribution < -0.4 is 4.90 Å². The van der Waals surface area contributed by atoms with Gasteiger partial charge in [-0.3, -0.25) is 9.88 Å². The Kier molecular flexibility index (Phi) is 7.66. The Morgan fingerprint density at radius 2 is 1.80 bits per heavy atom. The molecule has 6 rings (SSSR count). The molecular weight excluding hydrogens is 506 g/mol. The Morgan fingerprint density at radius 1 is 0.976 bits per heavy atom. The number of anilines is 1. The Balaban J connectivity index is 1.17. The van der Waals surface area contributed by atoms with Crippen LogP contribution in [0.15, 0.2) is 85.2 Å². The molecule has 2 aromatic carbocycles. The van der Waals surface area contributed by atoms with E-state index >= 15 is 0 Å². The third kappa shape index (κ3) is 5.93. The molecule has 1 unspecified atom stereocenters. The van der Waals surface area contributed by atoms with Crippen molar-refractivity contribution in [2.24, 2.45) is 5.92 Å². The molecular formula is C34H33N7. The zero-order chi connectivity index (χ0) is 28.2. The molecule has 3 aromatic heterocycles. The summed E-state index contributed by atoms with van der Waals surface area (Å²) in [6.45, 7) is 8.97. The van der Waals surface area contributed by atoms with Crippen LogP contribution in [-0.2, 0) is 6.54 Å². The van der Waals surface area contributed by atoms with E-state index in [4.69, 9.17) is 10.2 Å². The molecule has 5 aromatic rings. The summed E-state index contributed by atoms with van der Waals surface area (Å²) in [5, 5.41) is 10.2. The maximum absolute atomic E-state index is 9.17. The van der Waals surface area contributed by atoms with E-state index in [2.05, 4.69) is 92.3 Å². The largest absolute Gasteiger partial charge is 0.356 e. The summed E-state index contributed by atoms with van der Waals surface area (Å²) in [7, 11) is 0. The number of fused-ring (bicyclic) bond motifs is 1. The van der Waals surface area contributed by atoms with E-state index in [1.54, 1.807) is 6.20 Å². The maximum Gasteiger partial charge on any atom is 0.234 e. The molecule has 7 nitrogen and oxygen atoms in total. The molecule has 1 aliphatic heterocycles. The van der Waals surface area contributed by atoms with Crippen molar-refractivity contribution in [1.29, 1.82) is 5.26 Å². The molecule has 204 valence electrons. The second-order valence-corrected chi connectivity index (χ2v) is 10.7. The van der Waals surface area contributed by atoms with Crippen molar-refractivity contribution in [3.05, 3.63) is 102 Å². The van der Waals surface area contributed by atoms with Crippen molar-refractivity contribution in [2.75, 3.05) is 31.1 Å². The number of pyridine rings is 2. The lowest BCUT2D eigenvalue weighted by molar-refractivity contribution is 0.317. The minimum absolute atomic E-state index is 0.222. The van der Waals surface area contributed by atoms with E-state index in [1.807, 2.05) is 31.3 Å². The van der Waals surface area contributed by atoms with Crippen molar-refractivity contribution in [2.45, 2.75) is 26.8 Å². The van der Waals surface area contributed by atoms with Gasteiger partial charge in [0.25, 0.3) is 0 Å². The molecule has 1 fully saturated rings. The normalized spacial score (nSPS) is 15.2. The zero-order valence-corrected chi connectivity index (χ0v) is 23.5. The minimum atomic E-state index is 0.222. The summed E-state index contributed by atoms with van der Waals surface area (Å²) < 4.78 is 0. The van der Waals surface area contributed by atoms with Crippen molar-refractivity contribution < 1.29 is 0 Å². The Bertz CT molecular complexity index is 1690. The highest BCUT2D eigenvalue weighted by Gasteiger charge is 2.25. The Morgan fingerprint density at radius 3 is 2.59 bits per heavy atom. The topological polar surface area (TPSA) is 81.8 Å². The number of aryl methyl sites for hydroxylation is 1. The van der Waals surface area contributed by atoms with Crippen molar-refractivity contribution in [1.82, 2.24) is 24.8 Å². The van der Waals surface area contributed by atoms with Crippen molar-refractivity contribution in [3.63, 3.8) is 0 Å². The van der Waals surface area contributed by atoms with E-state index in [1.165, 1.54) is 5.56 Å². The molecule has 7 heteroatoms. The third-order valence-corrected chi connectivity index (χ3v) is 7.85. The van der Waals surface area contributed by atoms with Gasteiger partial charge in [-0.1, -0.05) is 54.6 Å². The second kappa shape index (κ2) is 11.8. The minimum Gasteiger partial charge on any atom is -0.356 e. The second-order valence-electron chi connectivity index (χ2n) is 10.7. The number of hydrogen-bond acceptors (Lipinski definition) is 7. The van der Waals surface area contributed by atoms with Crippen molar-refractivity contribution in [3.8, 4) is 28.5 Å². The van der Waals surface area contributed by atoms with Gasteiger partial charge >= 0.3 is 0 Å². The molecule has 0 aliphatic carbocycles. The first-order chi connectivity index (χ1) is 20.1. The fourth-order valence-corrected chi connectivity index (χ4v) is 5.73. The quantitative estimate of drug-likeness (QED) is 0.229. The lowest BCUT2D eigenvalue weighted by Crippen LogP contribution is -2.31. The summed E-state index contributed by atoms with van der Waals surface area (Å²) in [5.74, 6) is 1.61. The van der Waals surface area contributed by atoms with E-state index in [0.717, 1.165) is 83.9 Å². The van der Waals surface area contributed by atoms with E-state index in [9.17, 15) is 0 Å². The molecule has 0 bridgehead atoms. The molecule has 0 N–H and O–H groups in total. The first-order valence-corrected chi connectivity index (χ1v) is 14.2. The lowest BCUT2D eigenvalue weighted by Gasteiger charge is -2.25. The van der Waals surface area contributed by atoms with E-state index in [-0.39, 0.29) is 5.82 Å². The van der Waals surface area contributed by atoms with Gasteiger partial charge < -0.3 is 4.90 Å². The molecule has 0 radical (unpaired) electrons. The monoisotopic (exact) mass is 539 g/mol. The van der Waals surface area contributed by atoms with Gasteiger partial charge in [-0.05, 0) is 62.1 Å². The molecule has 41 heavy (non-hydrogen) atoms. The Labute approximate surface area is 241 Å². The van der Waals surface area contributed by atoms with Crippen LogP contribution in [0, 0.1) is 24.2 Å². The standard InChI is InChI=1S/C34H33N7/c1-3-41(33-13-15-36-32(19-35)39-33)23-26-14-16-40(22-26)21-25-9-11-28(12-10-25)34-30(27-7-5-4-6-8-27)18-29-20-37-24(2)17-31(29)38-34/h4-13,15,17-18,20,26H,3,14,16,21-23H2,1-2H3. The number of hydrogen-bond donors (Lipinski definition) is 0. The van der Waals surface area contributed by atoms with E-state index in [0.29, 0.717) is 5.92 Å². The average Bonchev–Trinajstić information content (AvgIpc) is 3.46. The van der Waals surface area contributed by atoms with Gasteiger partial charge in [0.05, 0.1) is 11.2 Å². The van der Waals surface area contributed by atoms with Crippen LogP contribution in [0.4, 0.5) is 5.82 Å². The number of aromatic nitrogens is 4. The fourth-order valence-electron chi connectivity index (χ4n) is 5.73. The molecule has 0 amide bonds. The summed E-state index contributed by atoms with van der Waals surface area (Å²) in [6.07, 6.45) is 4.74. The highest BCUT2D eigenvalue weighted by atomic mass is 15.2. The van der Waals surface area contributed by atoms with Gasteiger partial charge in [-0.2, -0.15) is 5.26 Å². The zero-order valence-electron chi connectivity index (χ0n) is 23.5. The van der Waals surface area contributed by atoms with Crippen LogP contribution in [0.2, 0.25) is 0 Å². The van der Waals surface area contributed by atoms with Crippen molar-refractivity contribution >= 4 is 16.7 Å². The summed E-state index contributed by atoms with van der Waals surface area (Å²) in [5.41, 5.74) is 7.61. The highest BCUT2D eigenvalue weighted by Crippen LogP contribution is 2.34. The van der Waals surface area contributed by atoms with Crippen LogP contribution in [0.3, 0.4) is 0 Å². The van der Waals surface area contributed by atoms with Gasteiger partial charge in [0.15, 0.2) is 0 Å². The summed E-state index contributed by atoms with van der Waals surface area (Å²) in [6, 6.07) is 27.6. The predicted molar refractivity (Wildman–Crippen MR) is 163 cm³/mol. The Hall–Kier alpha value is -4.67. The number of likely N-dealkylation sites (tertiary alicyclic amines) is 1. The van der Waals surface area contributed by atoms with Crippen LogP contribution in [-0.4, -0.2) is 51.0 Å². The molecule has 1 saturated heterocycles. The summed E-state index contributed by atoms with van der Waals surface area (Å²) >= 11 is 0. The first-order valence-electron chi connectivity index (χ1n) is 14.2. The van der Waals surface area contributed by atoms with Gasteiger partial charge in [-0.25, -0.2) is 15.0 Å². The SMILES string of the molecule is CCN(CC1CCN(Cc2ccc(-c3nc4cc(C)ncc4cc3-c3ccccc3)cc2)C1)c1ccnc(C#N)n1. The molecule has 1 aliphatic rings. The first kappa shape index (κ1) is 26.5. The molecule has 0 spiro atoms. The van der Waals surface area contributed by atoms with Gasteiger partial charge in [0.1, 0.15) is 11.9 Å². The smallest absolute Gasteiger partial charge is 0.234 e. The molecule has 0 saturated carbocycles. The third-order valence-electron chi connectivity index (χ3n) is 7.85. The number of nitrogens with zero attached hydrogens (tertiary/aromatic N) is 7. The lowest BCUT2D eigenvalue weighted by atomic mass is 9.97. The predicted octanol–water partition coefficient (Wildman–Crippen LogP) is 6.28. The van der Waals surface area contributed by atoms with Crippen LogP contribution >= 0.6 is 0 Å². The van der Waals surface area contributed by atoms with Crippen LogP contribution in [0.25, 0.3) is 33.3 Å². The van der Waals surface area contributed by atoms with Crippen LogP contribution in [0.5, 0.6) is 0 Å². The number of rotatable bonds is 8. The fraction of sp³-hybridized carbons (Fsp3) is 0.265. The van der Waals surface area contributed by atoms with E-state index < -0.39 is 0 Å². The molecule has 1 atom stereocenters. The number of benzene rings is 2. The van der Waals surface area contributed by atoms with Gasteiger partial charge in [-0.15, -0.1) is 0 Å². The average molecular weight is 540 g/mol. The van der Waals surface area contributed by atoms with Gasteiger partial charge in [0, 0.05) is 60.8 Å². The highest BCUT2D eigenvalue weighted by molar-refractivity contribution is 5.91. The number of nitriles is 1. The van der Waals surface area contributed by atoms with Gasteiger partial charge in [0.2, 0.25) is 5.82 Å². The summed E-state index contributed by atoms with van der Waals surface area (Å²) in [4.78, 5) is 22.8. The molecule has 4 heterocycles.